The first-order valence-electron chi connectivity index (χ1n) is 0.667. The van der Waals surface area contributed by atoms with E-state index in [1.165, 1.54) is 0 Å². The van der Waals surface area contributed by atoms with Crippen molar-refractivity contribution in [2.75, 3.05) is 0 Å². The van der Waals surface area contributed by atoms with Crippen LogP contribution in [0, 0.1) is 0 Å². The van der Waals surface area contributed by atoms with Crippen LogP contribution in [-0.4, -0.2) is 50.4 Å². The molecule has 0 atom stereocenters. The largest absolute Gasteiger partial charge is 2.00 e. The van der Waals surface area contributed by atoms with Crippen LogP contribution in [0.5, 0.6) is 0 Å². The van der Waals surface area contributed by atoms with Gasteiger partial charge in [-0.05, 0) is 0 Å². The SMILES string of the molecule is N.O.O.O.O.O.O.O=S(=O)([O-])[O-].[Cu+2]. The summed E-state index contributed by atoms with van der Waals surface area (Å²) in [5, 5.41) is 0. The smallest absolute Gasteiger partial charge is 0.759 e. The maximum absolute atomic E-state index is 8.52. The van der Waals surface area contributed by atoms with Gasteiger partial charge in [0, 0.05) is 10.4 Å². The fourth-order valence-electron chi connectivity index (χ4n) is 0. The fourth-order valence-corrected chi connectivity index (χ4v) is 0. The molecule has 13 heteroatoms. The predicted molar refractivity (Wildman–Crippen MR) is 37.2 cm³/mol. The first-order chi connectivity index (χ1) is 2.00. The molecule has 0 amide bonds. The second-order valence-electron chi connectivity index (χ2n) is 0.408. The normalized spacial score (nSPS) is 4.46. The molecule has 0 saturated heterocycles. The average molecular weight is 285 g/mol. The molecule has 0 aliphatic heterocycles. The van der Waals surface area contributed by atoms with E-state index < -0.39 is 10.4 Å². The Morgan fingerprint density at radius 3 is 0.692 bits per heavy atom. The summed E-state index contributed by atoms with van der Waals surface area (Å²) in [6.45, 7) is 0. The summed E-state index contributed by atoms with van der Waals surface area (Å²) in [6, 6.07) is 0. The van der Waals surface area contributed by atoms with Gasteiger partial charge in [0.05, 0.1) is 0 Å². The Bertz CT molecular complexity index is 98.1. The molecule has 0 heterocycles. The van der Waals surface area contributed by atoms with E-state index in [0.29, 0.717) is 0 Å². The Hall–Kier alpha value is 0.109. The third kappa shape index (κ3) is 103000. The van der Waals surface area contributed by atoms with Crippen molar-refractivity contribution >= 4 is 10.4 Å². The zero-order valence-electron chi connectivity index (χ0n) is 6.05. The molecule has 15 N–H and O–H groups in total. The zero-order chi connectivity index (χ0) is 4.50. The van der Waals surface area contributed by atoms with Gasteiger partial charge in [-0.3, -0.25) is 8.42 Å². The molecule has 0 rings (SSSR count). The third-order valence-corrected chi connectivity index (χ3v) is 0. The Kier molecular flexibility index (Phi) is 351. The minimum atomic E-state index is -5.17. The Morgan fingerprint density at radius 1 is 0.692 bits per heavy atom. The molecule has 13 heavy (non-hydrogen) atoms. The minimum Gasteiger partial charge on any atom is -0.759 e. The first kappa shape index (κ1) is 114. The molecule has 0 saturated carbocycles. The van der Waals surface area contributed by atoms with Gasteiger partial charge in [-0.15, -0.1) is 0 Å². The zero-order valence-corrected chi connectivity index (χ0v) is 7.81. The summed E-state index contributed by atoms with van der Waals surface area (Å²) in [6.07, 6.45) is 0. The standard InChI is InChI=1S/Cu.H3N.H2O4S.6H2O/c;;1-5(2,3)4;;;;;;/h;1H3;(H2,1,2,3,4);6*1H2/q+2;;;;;;;;/p-2. The average Bonchev–Trinajstić information content (AvgIpc) is 0.722. The van der Waals surface area contributed by atoms with E-state index in [1.54, 1.807) is 0 Å². The number of hydrogen-bond donors (Lipinski definition) is 1. The van der Waals surface area contributed by atoms with Gasteiger partial charge in [-0.25, -0.2) is 0 Å². The van der Waals surface area contributed by atoms with E-state index in [0.717, 1.165) is 0 Å². The summed E-state index contributed by atoms with van der Waals surface area (Å²) >= 11 is 0. The summed E-state index contributed by atoms with van der Waals surface area (Å²) < 4.78 is 34.1. The quantitative estimate of drug-likeness (QED) is 0.257. The van der Waals surface area contributed by atoms with E-state index in [-0.39, 0.29) is 56.1 Å². The molecule has 0 bridgehead atoms. The van der Waals surface area contributed by atoms with Crippen molar-refractivity contribution in [3.63, 3.8) is 0 Å². The maximum atomic E-state index is 8.52. The van der Waals surface area contributed by atoms with Crippen molar-refractivity contribution in [2.45, 2.75) is 0 Å². The topological polar surface area (TPSA) is 304 Å². The summed E-state index contributed by atoms with van der Waals surface area (Å²) in [5.41, 5.74) is 0. The van der Waals surface area contributed by atoms with Gasteiger partial charge in [0.1, 0.15) is 0 Å². The first-order valence-corrected chi connectivity index (χ1v) is 2.00. The second-order valence-corrected chi connectivity index (χ2v) is 1.22. The fraction of sp³-hybridized carbons (Fsp3) is 0. The molecule has 0 spiro atoms. The van der Waals surface area contributed by atoms with Crippen LogP contribution in [0.25, 0.3) is 0 Å². The van der Waals surface area contributed by atoms with Gasteiger partial charge in [0.15, 0.2) is 0 Å². The molecule has 97 valence electrons. The van der Waals surface area contributed by atoms with E-state index >= 15 is 0 Å². The van der Waals surface area contributed by atoms with Crippen molar-refractivity contribution in [1.29, 1.82) is 0 Å². The number of hydrogen-bond acceptors (Lipinski definition) is 5. The van der Waals surface area contributed by atoms with Gasteiger partial charge in [-0.2, -0.15) is 0 Å². The van der Waals surface area contributed by atoms with Crippen LogP contribution in [0.15, 0.2) is 0 Å². The van der Waals surface area contributed by atoms with E-state index in [4.69, 9.17) is 17.5 Å². The van der Waals surface area contributed by atoms with Crippen LogP contribution in [0.1, 0.15) is 0 Å². The van der Waals surface area contributed by atoms with Gasteiger partial charge < -0.3 is 48.1 Å². The van der Waals surface area contributed by atoms with Crippen molar-refractivity contribution in [3.8, 4) is 0 Å². The molecular weight excluding hydrogens is 270 g/mol. The van der Waals surface area contributed by atoms with Crippen LogP contribution >= 0.6 is 0 Å². The molecule has 0 aliphatic carbocycles. The molecular formula is H15CuNO10S. The molecule has 1 radical (unpaired) electrons. The molecule has 0 unspecified atom stereocenters. The van der Waals surface area contributed by atoms with E-state index in [1.807, 2.05) is 0 Å². The molecule has 0 aromatic heterocycles. The minimum absolute atomic E-state index is 0. The molecule has 0 aromatic carbocycles. The van der Waals surface area contributed by atoms with E-state index in [9.17, 15) is 0 Å². The van der Waals surface area contributed by atoms with Crippen LogP contribution in [0.4, 0.5) is 0 Å². The Balaban J connectivity index is -0.00000000286. The molecule has 0 aromatic rings. The molecule has 11 nitrogen and oxygen atoms in total. The second kappa shape index (κ2) is 40.0. The van der Waals surface area contributed by atoms with E-state index in [2.05, 4.69) is 0 Å². The molecule has 0 fully saturated rings. The summed E-state index contributed by atoms with van der Waals surface area (Å²) in [5.74, 6) is 0. The Labute approximate surface area is 84.6 Å². The summed E-state index contributed by atoms with van der Waals surface area (Å²) in [4.78, 5) is 0. The van der Waals surface area contributed by atoms with Gasteiger partial charge in [0.25, 0.3) is 0 Å². The van der Waals surface area contributed by atoms with Crippen molar-refractivity contribution < 1.29 is 67.4 Å². The van der Waals surface area contributed by atoms with Crippen LogP contribution in [-0.2, 0) is 27.5 Å². The van der Waals surface area contributed by atoms with Crippen LogP contribution < -0.4 is 6.15 Å². The van der Waals surface area contributed by atoms with Crippen molar-refractivity contribution in [3.05, 3.63) is 0 Å². The summed E-state index contributed by atoms with van der Waals surface area (Å²) in [7, 11) is -5.17. The predicted octanol–water partition coefficient (Wildman–Crippen LogP) is -6.13. The van der Waals surface area contributed by atoms with Crippen molar-refractivity contribution in [2.24, 2.45) is 0 Å². The monoisotopic (exact) mass is 284 g/mol. The number of rotatable bonds is 0. The van der Waals surface area contributed by atoms with Crippen LogP contribution in [0.2, 0.25) is 0 Å². The Morgan fingerprint density at radius 2 is 0.692 bits per heavy atom. The van der Waals surface area contributed by atoms with Gasteiger partial charge in [0.2, 0.25) is 0 Å². The van der Waals surface area contributed by atoms with Gasteiger partial charge in [-0.1, -0.05) is 0 Å². The molecule has 0 aliphatic rings. The third-order valence-electron chi connectivity index (χ3n) is 0. The van der Waals surface area contributed by atoms with Crippen LogP contribution in [0.3, 0.4) is 0 Å². The maximum Gasteiger partial charge on any atom is 2.00 e. The van der Waals surface area contributed by atoms with Crippen molar-refractivity contribution in [1.82, 2.24) is 6.15 Å². The van der Waals surface area contributed by atoms with Gasteiger partial charge >= 0.3 is 17.1 Å².